The van der Waals surface area contributed by atoms with Crippen LogP contribution < -0.4 is 0 Å². The van der Waals surface area contributed by atoms with Crippen LogP contribution in [-0.2, 0) is 0 Å². The summed E-state index contributed by atoms with van der Waals surface area (Å²) in [4.78, 5) is 13.8. The topological polar surface area (TPSA) is 20.3 Å². The van der Waals surface area contributed by atoms with Gasteiger partial charge in [-0.15, -0.1) is 11.6 Å². The van der Waals surface area contributed by atoms with Gasteiger partial charge in [-0.2, -0.15) is 0 Å². The quantitative estimate of drug-likeness (QED) is 0.742. The highest BCUT2D eigenvalue weighted by molar-refractivity contribution is 6.18. The Morgan fingerprint density at radius 3 is 2.59 bits per heavy atom. The minimum Gasteiger partial charge on any atom is -0.337 e. The molecule has 0 spiro atoms. The Hall–Kier alpha value is -1.09. The first kappa shape index (κ1) is 14.0. The van der Waals surface area contributed by atoms with Gasteiger partial charge in [0.15, 0.2) is 0 Å². The average Bonchev–Trinajstić information content (AvgIpc) is 2.26. The minimum absolute atomic E-state index is 0.157. The van der Waals surface area contributed by atoms with Crippen LogP contribution in [0.5, 0.6) is 0 Å². The molecule has 1 amide bonds. The number of carbonyl (C=O) groups is 1. The average molecular weight is 258 g/mol. The van der Waals surface area contributed by atoms with Gasteiger partial charge in [0.1, 0.15) is 5.82 Å². The van der Waals surface area contributed by atoms with E-state index in [2.05, 4.69) is 0 Å². The molecule has 94 valence electrons. The van der Waals surface area contributed by atoms with E-state index in [4.69, 9.17) is 11.6 Å². The molecule has 0 saturated heterocycles. The molecule has 0 N–H and O–H groups in total. The first-order valence-corrected chi connectivity index (χ1v) is 6.24. The fourth-order valence-corrected chi connectivity index (χ4v) is 1.93. The predicted molar refractivity (Wildman–Crippen MR) is 68.1 cm³/mol. The third kappa shape index (κ3) is 4.00. The first-order valence-electron chi connectivity index (χ1n) is 5.71. The molecule has 0 saturated carbocycles. The van der Waals surface area contributed by atoms with Crippen molar-refractivity contribution in [1.82, 2.24) is 4.90 Å². The lowest BCUT2D eigenvalue weighted by Gasteiger charge is -2.21. The number of nitrogens with zero attached hydrogens (tertiary/aromatic N) is 1. The first-order chi connectivity index (χ1) is 8.08. The summed E-state index contributed by atoms with van der Waals surface area (Å²) in [6, 6.07) is 4.37. The maximum Gasteiger partial charge on any atom is 0.254 e. The zero-order valence-electron chi connectivity index (χ0n) is 10.2. The van der Waals surface area contributed by atoms with Crippen molar-refractivity contribution in [2.75, 3.05) is 19.0 Å². The number of rotatable bonds is 5. The Kier molecular flexibility index (Phi) is 5.42. The molecule has 17 heavy (non-hydrogen) atoms. The van der Waals surface area contributed by atoms with Crippen molar-refractivity contribution in [2.45, 2.75) is 20.3 Å². The van der Waals surface area contributed by atoms with Gasteiger partial charge < -0.3 is 4.90 Å². The molecule has 0 fully saturated rings. The molecule has 4 heteroatoms. The highest BCUT2D eigenvalue weighted by Gasteiger charge is 2.15. The predicted octanol–water partition coefficient (Wildman–Crippen LogP) is 3.23. The molecule has 0 unspecified atom stereocenters. The molecule has 0 atom stereocenters. The largest absolute Gasteiger partial charge is 0.337 e. The number of halogens is 2. The van der Waals surface area contributed by atoms with Crippen molar-refractivity contribution in [3.63, 3.8) is 0 Å². The van der Waals surface area contributed by atoms with Gasteiger partial charge in [-0.3, -0.25) is 4.79 Å². The molecule has 2 nitrogen and oxygen atoms in total. The summed E-state index contributed by atoms with van der Waals surface area (Å²) in [5.74, 6) is -0.147. The highest BCUT2D eigenvalue weighted by Crippen LogP contribution is 2.11. The van der Waals surface area contributed by atoms with E-state index in [9.17, 15) is 9.18 Å². The van der Waals surface area contributed by atoms with E-state index in [0.29, 0.717) is 24.5 Å². The Labute approximate surface area is 106 Å². The lowest BCUT2D eigenvalue weighted by atomic mass is 10.1. The number of hydrogen-bond donors (Lipinski definition) is 0. The van der Waals surface area contributed by atoms with Gasteiger partial charge >= 0.3 is 0 Å². The van der Waals surface area contributed by atoms with E-state index >= 15 is 0 Å². The Balaban J connectivity index is 2.92. The van der Waals surface area contributed by atoms with E-state index < -0.39 is 0 Å². The standard InChI is InChI=1S/C13H17ClFNO/c1-3-5-16(6-4-14)13(17)11-7-10(2)8-12(15)9-11/h7-9H,3-6H2,1-2H3. The number of alkyl halides is 1. The molecule has 0 aliphatic carbocycles. The van der Waals surface area contributed by atoms with Crippen LogP contribution in [0.4, 0.5) is 4.39 Å². The monoisotopic (exact) mass is 257 g/mol. The van der Waals surface area contributed by atoms with Crippen molar-refractivity contribution in [3.05, 3.63) is 35.1 Å². The van der Waals surface area contributed by atoms with Gasteiger partial charge in [-0.25, -0.2) is 4.39 Å². The number of carbonyl (C=O) groups excluding carboxylic acids is 1. The van der Waals surface area contributed by atoms with Crippen LogP contribution in [0.3, 0.4) is 0 Å². The van der Waals surface area contributed by atoms with Crippen molar-refractivity contribution in [1.29, 1.82) is 0 Å². The Morgan fingerprint density at radius 2 is 2.06 bits per heavy atom. The van der Waals surface area contributed by atoms with Crippen molar-refractivity contribution < 1.29 is 9.18 Å². The number of amides is 1. The molecule has 0 radical (unpaired) electrons. The Morgan fingerprint density at radius 1 is 1.35 bits per heavy atom. The third-order valence-corrected chi connectivity index (χ3v) is 2.59. The van der Waals surface area contributed by atoms with Crippen molar-refractivity contribution >= 4 is 17.5 Å². The van der Waals surface area contributed by atoms with Gasteiger partial charge in [0.25, 0.3) is 5.91 Å². The van der Waals surface area contributed by atoms with Crippen LogP contribution in [0.2, 0.25) is 0 Å². The van der Waals surface area contributed by atoms with Gasteiger partial charge in [-0.05, 0) is 37.1 Å². The number of aryl methyl sites for hydroxylation is 1. The van der Waals surface area contributed by atoms with Crippen molar-refractivity contribution in [2.24, 2.45) is 0 Å². The van der Waals surface area contributed by atoms with Crippen LogP contribution in [0.1, 0.15) is 29.3 Å². The van der Waals surface area contributed by atoms with E-state index in [1.165, 1.54) is 12.1 Å². The molecule has 0 aliphatic heterocycles. The van der Waals surface area contributed by atoms with E-state index in [0.717, 1.165) is 12.0 Å². The fourth-order valence-electron chi connectivity index (χ4n) is 1.73. The van der Waals surface area contributed by atoms with E-state index in [-0.39, 0.29) is 11.7 Å². The van der Waals surface area contributed by atoms with Crippen LogP contribution >= 0.6 is 11.6 Å². The highest BCUT2D eigenvalue weighted by atomic mass is 35.5. The lowest BCUT2D eigenvalue weighted by molar-refractivity contribution is 0.0765. The molecule has 0 aromatic heterocycles. The minimum atomic E-state index is -0.379. The van der Waals surface area contributed by atoms with Gasteiger partial charge in [-0.1, -0.05) is 6.92 Å². The van der Waals surface area contributed by atoms with Crippen LogP contribution in [0, 0.1) is 12.7 Å². The summed E-state index contributed by atoms with van der Waals surface area (Å²) < 4.78 is 13.2. The molecule has 0 bridgehead atoms. The molecule has 1 rings (SSSR count). The second-order valence-corrected chi connectivity index (χ2v) is 4.38. The van der Waals surface area contributed by atoms with Gasteiger partial charge in [0, 0.05) is 24.5 Å². The number of benzene rings is 1. The summed E-state index contributed by atoms with van der Waals surface area (Å²) in [7, 11) is 0. The summed E-state index contributed by atoms with van der Waals surface area (Å²) >= 11 is 5.66. The molecular formula is C13H17ClFNO. The molecule has 1 aromatic carbocycles. The summed E-state index contributed by atoms with van der Waals surface area (Å²) in [6.45, 7) is 4.89. The van der Waals surface area contributed by atoms with Crippen LogP contribution in [0.15, 0.2) is 18.2 Å². The van der Waals surface area contributed by atoms with E-state index in [1.807, 2.05) is 6.92 Å². The second kappa shape index (κ2) is 6.60. The van der Waals surface area contributed by atoms with Gasteiger partial charge in [0.05, 0.1) is 0 Å². The summed E-state index contributed by atoms with van der Waals surface area (Å²) in [5, 5.41) is 0. The van der Waals surface area contributed by atoms with Crippen LogP contribution in [-0.4, -0.2) is 29.8 Å². The van der Waals surface area contributed by atoms with E-state index in [1.54, 1.807) is 17.9 Å². The molecular weight excluding hydrogens is 241 g/mol. The summed E-state index contributed by atoms with van der Waals surface area (Å²) in [5.41, 5.74) is 1.14. The second-order valence-electron chi connectivity index (χ2n) is 4.00. The maximum atomic E-state index is 13.2. The fraction of sp³-hybridized carbons (Fsp3) is 0.462. The van der Waals surface area contributed by atoms with Crippen molar-refractivity contribution in [3.8, 4) is 0 Å². The SMILES string of the molecule is CCCN(CCCl)C(=O)c1cc(C)cc(F)c1. The smallest absolute Gasteiger partial charge is 0.254 e. The molecule has 0 heterocycles. The zero-order chi connectivity index (χ0) is 12.8. The van der Waals surface area contributed by atoms with Gasteiger partial charge in [0.2, 0.25) is 0 Å². The maximum absolute atomic E-state index is 13.2. The lowest BCUT2D eigenvalue weighted by Crippen LogP contribution is -2.33. The Bertz CT molecular complexity index is 369. The summed E-state index contributed by atoms with van der Waals surface area (Å²) in [6.07, 6.45) is 0.858. The zero-order valence-corrected chi connectivity index (χ0v) is 10.9. The van der Waals surface area contributed by atoms with Crippen LogP contribution in [0.25, 0.3) is 0 Å². The molecule has 0 aliphatic rings. The number of hydrogen-bond acceptors (Lipinski definition) is 1. The third-order valence-electron chi connectivity index (χ3n) is 2.42. The molecule has 1 aromatic rings. The normalized spacial score (nSPS) is 10.4.